The summed E-state index contributed by atoms with van der Waals surface area (Å²) in [7, 11) is 0. The summed E-state index contributed by atoms with van der Waals surface area (Å²) in [5, 5.41) is 7.79. The molecule has 3 aliphatic rings. The number of fused-ring (bicyclic) bond motifs is 1. The minimum atomic E-state index is 0.0430. The van der Waals surface area contributed by atoms with Gasteiger partial charge >= 0.3 is 0 Å². The zero-order valence-corrected chi connectivity index (χ0v) is 11.1. The summed E-state index contributed by atoms with van der Waals surface area (Å²) in [4.78, 5) is 12.4. The lowest BCUT2D eigenvalue weighted by molar-refractivity contribution is 0.0896. The van der Waals surface area contributed by atoms with Gasteiger partial charge in [0, 0.05) is 28.6 Å². The molecule has 0 radical (unpaired) electrons. The van der Waals surface area contributed by atoms with Crippen molar-refractivity contribution in [2.75, 3.05) is 0 Å². The Balaban J connectivity index is 1.37. The van der Waals surface area contributed by atoms with E-state index in [9.17, 15) is 4.79 Å². The van der Waals surface area contributed by atoms with Crippen molar-refractivity contribution < 1.29 is 9.21 Å². The molecule has 1 amide bonds. The molecule has 2 saturated carbocycles. The summed E-state index contributed by atoms with van der Waals surface area (Å²) in [5.74, 6) is 0.690. The minimum absolute atomic E-state index is 0.0430. The molecule has 2 aliphatic carbocycles. The van der Waals surface area contributed by atoms with Gasteiger partial charge in [-0.25, -0.2) is 0 Å². The highest BCUT2D eigenvalue weighted by atomic mass is 16.3. The number of hydrogen-bond donors (Lipinski definition) is 2. The molecule has 5 rings (SSSR count). The Hall–Kier alpha value is -1.81. The highest BCUT2D eigenvalue weighted by Gasteiger charge is 2.70. The van der Waals surface area contributed by atoms with Crippen LogP contribution in [0.25, 0.3) is 11.0 Å². The topological polar surface area (TPSA) is 64.2 Å². The molecule has 102 valence electrons. The molecular formula is C16H16N2O2. The first-order valence-electron chi connectivity index (χ1n) is 7.32. The SMILES string of the molecule is O=C(N[C@@H]1CC2NC23CCC13)c1ccc2occc2c1. The largest absolute Gasteiger partial charge is 0.464 e. The van der Waals surface area contributed by atoms with Crippen LogP contribution in [-0.4, -0.2) is 23.5 Å². The number of benzene rings is 1. The summed E-state index contributed by atoms with van der Waals surface area (Å²) in [6, 6.07) is 8.50. The fourth-order valence-corrected chi connectivity index (χ4v) is 4.28. The molecule has 2 aromatic rings. The van der Waals surface area contributed by atoms with Crippen molar-refractivity contribution in [3.63, 3.8) is 0 Å². The van der Waals surface area contributed by atoms with Crippen molar-refractivity contribution in [2.45, 2.75) is 36.9 Å². The Labute approximate surface area is 116 Å². The molecule has 4 atom stereocenters. The smallest absolute Gasteiger partial charge is 0.251 e. The molecule has 1 saturated heterocycles. The predicted octanol–water partition coefficient (Wildman–Crippen LogP) is 2.06. The second kappa shape index (κ2) is 3.44. The average molecular weight is 268 g/mol. The van der Waals surface area contributed by atoms with Crippen LogP contribution in [0.1, 0.15) is 29.6 Å². The molecule has 3 unspecified atom stereocenters. The van der Waals surface area contributed by atoms with E-state index < -0.39 is 0 Å². The quantitative estimate of drug-likeness (QED) is 0.819. The third-order valence-corrected chi connectivity index (χ3v) is 5.52. The average Bonchev–Trinajstić information content (AvgIpc) is 2.90. The van der Waals surface area contributed by atoms with Crippen LogP contribution < -0.4 is 10.6 Å². The van der Waals surface area contributed by atoms with Crippen molar-refractivity contribution >= 4 is 16.9 Å². The third kappa shape index (κ3) is 1.27. The lowest BCUT2D eigenvalue weighted by Gasteiger charge is -2.37. The molecule has 1 aromatic heterocycles. The van der Waals surface area contributed by atoms with Gasteiger partial charge < -0.3 is 15.1 Å². The Morgan fingerprint density at radius 2 is 2.35 bits per heavy atom. The fourth-order valence-electron chi connectivity index (χ4n) is 4.28. The number of amides is 1. The van der Waals surface area contributed by atoms with E-state index in [0.29, 0.717) is 23.5 Å². The van der Waals surface area contributed by atoms with Crippen molar-refractivity contribution in [1.29, 1.82) is 0 Å². The Morgan fingerprint density at radius 1 is 1.40 bits per heavy atom. The zero-order chi connectivity index (χ0) is 13.3. The van der Waals surface area contributed by atoms with Crippen LogP contribution in [0.15, 0.2) is 34.9 Å². The molecule has 4 nitrogen and oxygen atoms in total. The number of carbonyl (C=O) groups is 1. The summed E-state index contributed by atoms with van der Waals surface area (Å²) in [6.45, 7) is 0. The summed E-state index contributed by atoms with van der Waals surface area (Å²) in [6.07, 6.45) is 5.27. The molecule has 2 N–H and O–H groups in total. The highest BCUT2D eigenvalue weighted by Crippen LogP contribution is 2.59. The van der Waals surface area contributed by atoms with Crippen LogP contribution in [0.5, 0.6) is 0 Å². The van der Waals surface area contributed by atoms with Crippen molar-refractivity contribution in [3.8, 4) is 0 Å². The first-order valence-corrected chi connectivity index (χ1v) is 7.32. The standard InChI is InChI=1S/C16H16N2O2/c19-15(10-1-2-13-9(7-10)4-6-20-13)17-12-8-14-16(18-14)5-3-11(12)16/h1-2,4,6-7,11-12,14,18H,3,5,8H2,(H,17,19)/t11?,12-,14?,16?/m1/s1. The van der Waals surface area contributed by atoms with Crippen molar-refractivity contribution in [1.82, 2.24) is 10.6 Å². The van der Waals surface area contributed by atoms with Crippen LogP contribution in [0.3, 0.4) is 0 Å². The number of hydrogen-bond acceptors (Lipinski definition) is 3. The molecule has 3 fully saturated rings. The molecule has 0 bridgehead atoms. The maximum atomic E-state index is 12.4. The Morgan fingerprint density at radius 3 is 3.15 bits per heavy atom. The number of rotatable bonds is 2. The van der Waals surface area contributed by atoms with Crippen molar-refractivity contribution in [2.24, 2.45) is 5.92 Å². The lowest BCUT2D eigenvalue weighted by atomic mass is 9.72. The van der Waals surface area contributed by atoms with Gasteiger partial charge in [0.15, 0.2) is 0 Å². The summed E-state index contributed by atoms with van der Waals surface area (Å²) < 4.78 is 5.31. The van der Waals surface area contributed by atoms with Crippen molar-refractivity contribution in [3.05, 3.63) is 36.1 Å². The Kier molecular flexibility index (Phi) is 1.88. The summed E-state index contributed by atoms with van der Waals surface area (Å²) >= 11 is 0. The second-order valence-corrected chi connectivity index (χ2v) is 6.37. The molecule has 1 aromatic carbocycles. The van der Waals surface area contributed by atoms with Gasteiger partial charge in [-0.05, 0) is 49.4 Å². The number of piperidine rings is 1. The summed E-state index contributed by atoms with van der Waals surface area (Å²) in [5.41, 5.74) is 1.96. The number of carbonyl (C=O) groups excluding carboxylic acids is 1. The van der Waals surface area contributed by atoms with E-state index >= 15 is 0 Å². The maximum absolute atomic E-state index is 12.4. The van der Waals surface area contributed by atoms with Gasteiger partial charge in [-0.3, -0.25) is 4.79 Å². The lowest BCUT2D eigenvalue weighted by Crippen LogP contribution is -2.49. The molecule has 20 heavy (non-hydrogen) atoms. The van der Waals surface area contributed by atoms with Gasteiger partial charge in [-0.2, -0.15) is 0 Å². The second-order valence-electron chi connectivity index (χ2n) is 6.37. The van der Waals surface area contributed by atoms with Gasteiger partial charge in [0.2, 0.25) is 0 Å². The molecule has 1 aliphatic heterocycles. The Bertz CT molecular complexity index is 718. The van der Waals surface area contributed by atoms with Crippen LogP contribution in [0, 0.1) is 5.92 Å². The van der Waals surface area contributed by atoms with E-state index in [1.54, 1.807) is 6.26 Å². The van der Waals surface area contributed by atoms with E-state index in [-0.39, 0.29) is 5.91 Å². The zero-order valence-electron chi connectivity index (χ0n) is 11.1. The van der Waals surface area contributed by atoms with Gasteiger partial charge in [-0.1, -0.05) is 0 Å². The fraction of sp³-hybridized carbons (Fsp3) is 0.438. The van der Waals surface area contributed by atoms with Crippen LogP contribution >= 0.6 is 0 Å². The third-order valence-electron chi connectivity index (χ3n) is 5.52. The number of furan rings is 1. The first-order chi connectivity index (χ1) is 9.76. The highest BCUT2D eigenvalue weighted by molar-refractivity contribution is 5.98. The molecule has 1 spiro atoms. The van der Waals surface area contributed by atoms with Crippen LogP contribution in [0.4, 0.5) is 0 Å². The van der Waals surface area contributed by atoms with E-state index in [2.05, 4.69) is 10.6 Å². The number of nitrogens with one attached hydrogen (secondary N) is 2. The van der Waals surface area contributed by atoms with Crippen LogP contribution in [0.2, 0.25) is 0 Å². The van der Waals surface area contributed by atoms with E-state index in [0.717, 1.165) is 23.0 Å². The minimum Gasteiger partial charge on any atom is -0.464 e. The normalized spacial score (nSPS) is 37.1. The van der Waals surface area contributed by atoms with Gasteiger partial charge in [0.05, 0.1) is 6.26 Å². The van der Waals surface area contributed by atoms with Crippen LogP contribution in [-0.2, 0) is 0 Å². The van der Waals surface area contributed by atoms with Gasteiger partial charge in [-0.15, -0.1) is 0 Å². The van der Waals surface area contributed by atoms with E-state index in [4.69, 9.17) is 4.42 Å². The molecular weight excluding hydrogens is 252 g/mol. The van der Waals surface area contributed by atoms with Gasteiger partial charge in [0.25, 0.3) is 5.91 Å². The molecule has 4 heteroatoms. The van der Waals surface area contributed by atoms with E-state index in [1.807, 2.05) is 24.3 Å². The van der Waals surface area contributed by atoms with Gasteiger partial charge in [0.1, 0.15) is 5.58 Å². The first kappa shape index (κ1) is 10.9. The maximum Gasteiger partial charge on any atom is 0.251 e. The monoisotopic (exact) mass is 268 g/mol. The predicted molar refractivity (Wildman–Crippen MR) is 74.5 cm³/mol. The van der Waals surface area contributed by atoms with E-state index in [1.165, 1.54) is 12.8 Å². The molecule has 2 heterocycles.